The van der Waals surface area contributed by atoms with Crippen molar-refractivity contribution in [1.82, 2.24) is 10.9 Å². The predicted octanol–water partition coefficient (Wildman–Crippen LogP) is -0.0725. The fraction of sp³-hybridized carbons (Fsp3) is 1.00. The van der Waals surface area contributed by atoms with Crippen molar-refractivity contribution >= 4 is 0 Å². The highest BCUT2D eigenvalue weighted by atomic mass is 16.3. The van der Waals surface area contributed by atoms with E-state index >= 15 is 0 Å². The number of hydrogen-bond donors (Lipinski definition) is 4. The highest BCUT2D eigenvalue weighted by Crippen LogP contribution is 1.94. The van der Waals surface area contributed by atoms with E-state index in [9.17, 15) is 0 Å². The van der Waals surface area contributed by atoms with Gasteiger partial charge in [-0.2, -0.15) is 0 Å². The summed E-state index contributed by atoms with van der Waals surface area (Å²) < 4.78 is 0. The summed E-state index contributed by atoms with van der Waals surface area (Å²) in [6.45, 7) is 5.17. The zero-order valence-electron chi connectivity index (χ0n) is 7.39. The summed E-state index contributed by atoms with van der Waals surface area (Å²) in [6, 6.07) is 0. The van der Waals surface area contributed by atoms with Crippen LogP contribution >= 0.6 is 0 Å². The van der Waals surface area contributed by atoms with Gasteiger partial charge in [-0.3, -0.25) is 0 Å². The second kappa shape index (κ2) is 4.66. The molecule has 0 radical (unpaired) electrons. The molecule has 0 spiro atoms. The van der Waals surface area contributed by atoms with Crippen LogP contribution in [0.5, 0.6) is 0 Å². The number of nitrogens with one attached hydrogen (secondary N) is 2. The predicted molar refractivity (Wildman–Crippen MR) is 43.5 cm³/mol. The molecule has 0 aromatic carbocycles. The summed E-state index contributed by atoms with van der Waals surface area (Å²) >= 11 is 0. The Morgan fingerprint density at radius 2 is 2.00 bits per heavy atom. The van der Waals surface area contributed by atoms with Crippen molar-refractivity contribution in [3.05, 3.63) is 0 Å². The van der Waals surface area contributed by atoms with Crippen LogP contribution in [0.25, 0.3) is 0 Å². The SMILES string of the molecule is CCCC(O)NNC(C)(C)O. The topological polar surface area (TPSA) is 64.5 Å². The Labute approximate surface area is 67.6 Å². The molecular weight excluding hydrogens is 144 g/mol. The standard InChI is InChI=1S/C7H18N2O2/c1-4-5-6(10)8-9-7(2,3)11/h6,8-11H,4-5H2,1-3H3. The van der Waals surface area contributed by atoms with Gasteiger partial charge in [-0.1, -0.05) is 13.3 Å². The van der Waals surface area contributed by atoms with Gasteiger partial charge in [0.15, 0.2) is 0 Å². The lowest BCUT2D eigenvalue weighted by atomic mass is 10.3. The zero-order valence-corrected chi connectivity index (χ0v) is 7.39. The molecule has 4 heteroatoms. The number of aliphatic hydroxyl groups is 2. The molecule has 4 N–H and O–H groups in total. The van der Waals surface area contributed by atoms with E-state index in [2.05, 4.69) is 10.9 Å². The lowest BCUT2D eigenvalue weighted by molar-refractivity contribution is -0.00541. The third-order valence-electron chi connectivity index (χ3n) is 1.11. The zero-order chi connectivity index (χ0) is 8.91. The van der Waals surface area contributed by atoms with Crippen LogP contribution in [0.2, 0.25) is 0 Å². The first-order chi connectivity index (χ1) is 4.95. The molecule has 0 amide bonds. The van der Waals surface area contributed by atoms with Crippen molar-refractivity contribution in [3.8, 4) is 0 Å². The van der Waals surface area contributed by atoms with Crippen LogP contribution in [0.4, 0.5) is 0 Å². The Balaban J connectivity index is 3.38. The molecule has 0 fully saturated rings. The van der Waals surface area contributed by atoms with Crippen molar-refractivity contribution in [2.45, 2.75) is 45.6 Å². The molecule has 0 aromatic heterocycles. The molecule has 11 heavy (non-hydrogen) atoms. The van der Waals surface area contributed by atoms with E-state index < -0.39 is 12.0 Å². The first-order valence-corrected chi connectivity index (χ1v) is 3.89. The molecular formula is C7H18N2O2. The molecule has 0 rings (SSSR count). The maximum absolute atomic E-state index is 9.15. The minimum atomic E-state index is -0.991. The Kier molecular flexibility index (Phi) is 4.60. The largest absolute Gasteiger partial charge is 0.377 e. The van der Waals surface area contributed by atoms with Gasteiger partial charge in [-0.15, -0.1) is 0 Å². The number of aliphatic hydroxyl groups excluding tert-OH is 1. The van der Waals surface area contributed by atoms with E-state index in [0.29, 0.717) is 6.42 Å². The average molecular weight is 162 g/mol. The molecule has 68 valence electrons. The maximum atomic E-state index is 9.15. The van der Waals surface area contributed by atoms with Crippen LogP contribution in [-0.4, -0.2) is 22.2 Å². The molecule has 4 nitrogen and oxygen atoms in total. The molecule has 1 atom stereocenters. The van der Waals surface area contributed by atoms with Crippen molar-refractivity contribution in [2.24, 2.45) is 0 Å². The fourth-order valence-electron chi connectivity index (χ4n) is 0.606. The Morgan fingerprint density at radius 3 is 2.36 bits per heavy atom. The van der Waals surface area contributed by atoms with Crippen LogP contribution in [0.15, 0.2) is 0 Å². The van der Waals surface area contributed by atoms with Gasteiger partial charge in [0, 0.05) is 0 Å². The van der Waals surface area contributed by atoms with E-state index in [0.717, 1.165) is 6.42 Å². The molecule has 0 heterocycles. The highest BCUT2D eigenvalue weighted by molar-refractivity contribution is 4.58. The summed E-state index contributed by atoms with van der Waals surface area (Å²) in [6.07, 6.45) is 0.983. The van der Waals surface area contributed by atoms with Crippen LogP contribution in [0.1, 0.15) is 33.6 Å². The molecule has 0 aliphatic carbocycles. The molecule has 0 aliphatic heterocycles. The third kappa shape index (κ3) is 7.74. The van der Waals surface area contributed by atoms with E-state index in [4.69, 9.17) is 10.2 Å². The van der Waals surface area contributed by atoms with Crippen molar-refractivity contribution in [2.75, 3.05) is 0 Å². The first-order valence-electron chi connectivity index (χ1n) is 3.89. The fourth-order valence-corrected chi connectivity index (χ4v) is 0.606. The van der Waals surface area contributed by atoms with Gasteiger partial charge < -0.3 is 10.2 Å². The van der Waals surface area contributed by atoms with Gasteiger partial charge in [-0.05, 0) is 20.3 Å². The summed E-state index contributed by atoms with van der Waals surface area (Å²) in [4.78, 5) is 0. The van der Waals surface area contributed by atoms with Crippen LogP contribution in [0, 0.1) is 0 Å². The van der Waals surface area contributed by atoms with Gasteiger partial charge in [-0.25, -0.2) is 10.9 Å². The molecule has 0 saturated heterocycles. The Morgan fingerprint density at radius 1 is 1.45 bits per heavy atom. The summed E-state index contributed by atoms with van der Waals surface area (Å²) in [7, 11) is 0. The van der Waals surface area contributed by atoms with Gasteiger partial charge in [0.1, 0.15) is 12.0 Å². The monoisotopic (exact) mass is 162 g/mol. The minimum Gasteiger partial charge on any atom is -0.377 e. The number of hydrogen-bond acceptors (Lipinski definition) is 4. The lowest BCUT2D eigenvalue weighted by Crippen LogP contribution is -2.52. The normalized spacial score (nSPS) is 15.0. The molecule has 0 bridgehead atoms. The van der Waals surface area contributed by atoms with Gasteiger partial charge >= 0.3 is 0 Å². The van der Waals surface area contributed by atoms with Crippen molar-refractivity contribution in [1.29, 1.82) is 0 Å². The number of rotatable bonds is 5. The van der Waals surface area contributed by atoms with Crippen molar-refractivity contribution in [3.63, 3.8) is 0 Å². The van der Waals surface area contributed by atoms with E-state index in [1.165, 1.54) is 0 Å². The average Bonchev–Trinajstić information content (AvgIpc) is 1.83. The summed E-state index contributed by atoms with van der Waals surface area (Å²) in [5, 5.41) is 18.3. The number of hydrazine groups is 1. The molecule has 0 aromatic rings. The van der Waals surface area contributed by atoms with Crippen LogP contribution in [-0.2, 0) is 0 Å². The van der Waals surface area contributed by atoms with Crippen LogP contribution in [0.3, 0.4) is 0 Å². The Hall–Kier alpha value is -0.160. The second-order valence-electron chi connectivity index (χ2n) is 3.13. The summed E-state index contributed by atoms with van der Waals surface area (Å²) in [5.74, 6) is 0. The third-order valence-corrected chi connectivity index (χ3v) is 1.11. The van der Waals surface area contributed by atoms with E-state index in [1.807, 2.05) is 6.92 Å². The smallest absolute Gasteiger partial charge is 0.122 e. The van der Waals surface area contributed by atoms with Gasteiger partial charge in [0.2, 0.25) is 0 Å². The Bertz CT molecular complexity index is 101. The maximum Gasteiger partial charge on any atom is 0.122 e. The van der Waals surface area contributed by atoms with Crippen molar-refractivity contribution < 1.29 is 10.2 Å². The lowest BCUT2D eigenvalue weighted by Gasteiger charge is -2.22. The summed E-state index contributed by atoms with van der Waals surface area (Å²) in [5.41, 5.74) is 4.15. The second-order valence-corrected chi connectivity index (χ2v) is 3.13. The molecule has 0 saturated carbocycles. The molecule has 1 unspecified atom stereocenters. The van der Waals surface area contributed by atoms with E-state index in [1.54, 1.807) is 13.8 Å². The quantitative estimate of drug-likeness (QED) is 0.337. The van der Waals surface area contributed by atoms with Crippen LogP contribution < -0.4 is 10.9 Å². The highest BCUT2D eigenvalue weighted by Gasteiger charge is 2.11. The van der Waals surface area contributed by atoms with Gasteiger partial charge in [0.25, 0.3) is 0 Å². The first kappa shape index (κ1) is 10.8. The van der Waals surface area contributed by atoms with Gasteiger partial charge in [0.05, 0.1) is 0 Å². The van der Waals surface area contributed by atoms with E-state index in [-0.39, 0.29) is 0 Å². The molecule has 0 aliphatic rings. The minimum absolute atomic E-state index is 0.591.